The average Bonchev–Trinajstić information content (AvgIpc) is 3.37. The predicted octanol–water partition coefficient (Wildman–Crippen LogP) is 0.0650. The van der Waals surface area contributed by atoms with E-state index in [1.807, 2.05) is 15.5 Å². The summed E-state index contributed by atoms with van der Waals surface area (Å²) in [4.78, 5) is 34.0. The van der Waals surface area contributed by atoms with Gasteiger partial charge in [-0.25, -0.2) is 4.98 Å². The van der Waals surface area contributed by atoms with Crippen LogP contribution >= 0.6 is 0 Å². The zero-order valence-electron chi connectivity index (χ0n) is 15.3. The lowest BCUT2D eigenvalue weighted by Crippen LogP contribution is -2.59. The van der Waals surface area contributed by atoms with Crippen LogP contribution < -0.4 is 5.32 Å². The molecule has 0 spiro atoms. The van der Waals surface area contributed by atoms with E-state index >= 15 is 0 Å². The molecular formula is C19H25N5O3. The van der Waals surface area contributed by atoms with E-state index in [1.54, 1.807) is 23.4 Å². The molecule has 2 fully saturated rings. The van der Waals surface area contributed by atoms with Gasteiger partial charge in [-0.3, -0.25) is 9.59 Å². The summed E-state index contributed by atoms with van der Waals surface area (Å²) in [5.74, 6) is -0.0889. The highest BCUT2D eigenvalue weighted by atomic mass is 16.3. The van der Waals surface area contributed by atoms with E-state index in [-0.39, 0.29) is 18.4 Å². The standard InChI is InChI=1S/C19H25N5O3/c25-10-9-23-13-21-15-11-14(3-4-16(15)23)18(26)24-8-5-20-12-17(24)19(27)22-6-1-2-7-22/h3-4,11,13,17,20,25H,1-2,5-10,12H2. The first-order valence-corrected chi connectivity index (χ1v) is 9.55. The molecule has 3 heterocycles. The van der Waals surface area contributed by atoms with Crippen LogP contribution in [0.2, 0.25) is 0 Å². The van der Waals surface area contributed by atoms with Crippen LogP contribution in [-0.4, -0.2) is 81.6 Å². The maximum atomic E-state index is 13.2. The predicted molar refractivity (Wildman–Crippen MR) is 100 cm³/mol. The first-order chi connectivity index (χ1) is 13.2. The molecule has 2 aliphatic rings. The zero-order chi connectivity index (χ0) is 18.8. The van der Waals surface area contributed by atoms with Gasteiger partial charge in [0.2, 0.25) is 5.91 Å². The Labute approximate surface area is 157 Å². The molecule has 0 radical (unpaired) electrons. The van der Waals surface area contributed by atoms with Gasteiger partial charge in [0, 0.05) is 44.8 Å². The minimum atomic E-state index is -0.452. The van der Waals surface area contributed by atoms with E-state index in [1.165, 1.54) is 0 Å². The second kappa shape index (κ2) is 7.66. The molecule has 2 saturated heterocycles. The maximum Gasteiger partial charge on any atom is 0.254 e. The molecule has 8 heteroatoms. The molecule has 4 rings (SSSR count). The second-order valence-corrected chi connectivity index (χ2v) is 7.12. The van der Waals surface area contributed by atoms with Gasteiger partial charge in [0.25, 0.3) is 5.91 Å². The number of amides is 2. The lowest BCUT2D eigenvalue weighted by atomic mass is 10.1. The van der Waals surface area contributed by atoms with Crippen molar-refractivity contribution in [2.45, 2.75) is 25.4 Å². The molecule has 0 saturated carbocycles. The van der Waals surface area contributed by atoms with Crippen molar-refractivity contribution in [1.29, 1.82) is 0 Å². The molecule has 1 aromatic carbocycles. The molecule has 0 bridgehead atoms. The number of nitrogens with zero attached hydrogens (tertiary/aromatic N) is 4. The van der Waals surface area contributed by atoms with Crippen molar-refractivity contribution in [3.63, 3.8) is 0 Å². The smallest absolute Gasteiger partial charge is 0.254 e. The monoisotopic (exact) mass is 371 g/mol. The number of piperazine rings is 1. The number of carbonyl (C=O) groups is 2. The minimum Gasteiger partial charge on any atom is -0.395 e. The van der Waals surface area contributed by atoms with E-state index in [0.29, 0.717) is 37.3 Å². The van der Waals surface area contributed by atoms with Crippen molar-refractivity contribution in [1.82, 2.24) is 24.7 Å². The number of fused-ring (bicyclic) bond motifs is 1. The Bertz CT molecular complexity index is 843. The molecule has 8 nitrogen and oxygen atoms in total. The number of benzene rings is 1. The van der Waals surface area contributed by atoms with E-state index < -0.39 is 6.04 Å². The van der Waals surface area contributed by atoms with Crippen molar-refractivity contribution in [3.05, 3.63) is 30.1 Å². The largest absolute Gasteiger partial charge is 0.395 e. The van der Waals surface area contributed by atoms with Crippen molar-refractivity contribution in [2.75, 3.05) is 39.3 Å². The molecule has 2 aliphatic heterocycles. The van der Waals surface area contributed by atoms with Crippen LogP contribution in [0.15, 0.2) is 24.5 Å². The minimum absolute atomic E-state index is 0.0349. The summed E-state index contributed by atoms with van der Waals surface area (Å²) in [7, 11) is 0. The summed E-state index contributed by atoms with van der Waals surface area (Å²) < 4.78 is 1.86. The van der Waals surface area contributed by atoms with Crippen LogP contribution in [0.1, 0.15) is 23.2 Å². The van der Waals surface area contributed by atoms with E-state index in [2.05, 4.69) is 10.3 Å². The Hall–Kier alpha value is -2.45. The van der Waals surface area contributed by atoms with Crippen molar-refractivity contribution < 1.29 is 14.7 Å². The number of aliphatic hydroxyl groups excluding tert-OH is 1. The Balaban J connectivity index is 1.57. The number of carbonyl (C=O) groups excluding carboxylic acids is 2. The van der Waals surface area contributed by atoms with Gasteiger partial charge in [0.15, 0.2) is 0 Å². The lowest BCUT2D eigenvalue weighted by molar-refractivity contribution is -0.135. The fourth-order valence-electron chi connectivity index (χ4n) is 3.96. The third kappa shape index (κ3) is 3.42. The number of hydrogen-bond donors (Lipinski definition) is 2. The number of nitrogens with one attached hydrogen (secondary N) is 1. The molecule has 1 aromatic heterocycles. The molecule has 0 aliphatic carbocycles. The molecule has 2 amide bonds. The topological polar surface area (TPSA) is 90.7 Å². The maximum absolute atomic E-state index is 13.2. The van der Waals surface area contributed by atoms with Crippen LogP contribution in [0, 0.1) is 0 Å². The first kappa shape index (κ1) is 17.9. The quantitative estimate of drug-likeness (QED) is 0.794. The van der Waals surface area contributed by atoms with Gasteiger partial charge >= 0.3 is 0 Å². The highest BCUT2D eigenvalue weighted by Crippen LogP contribution is 2.19. The number of hydrogen-bond acceptors (Lipinski definition) is 5. The van der Waals surface area contributed by atoms with Crippen LogP contribution in [0.5, 0.6) is 0 Å². The molecule has 2 N–H and O–H groups in total. The van der Waals surface area contributed by atoms with Gasteiger partial charge < -0.3 is 24.8 Å². The number of aromatic nitrogens is 2. The summed E-state index contributed by atoms with van der Waals surface area (Å²) in [5, 5.41) is 12.4. The van der Waals surface area contributed by atoms with Crippen molar-refractivity contribution >= 4 is 22.8 Å². The van der Waals surface area contributed by atoms with Gasteiger partial charge in [-0.15, -0.1) is 0 Å². The average molecular weight is 371 g/mol. The summed E-state index contributed by atoms with van der Waals surface area (Å²) in [5.41, 5.74) is 2.13. The van der Waals surface area contributed by atoms with Gasteiger partial charge in [0.05, 0.1) is 24.0 Å². The Morgan fingerprint density at radius 1 is 1.22 bits per heavy atom. The second-order valence-electron chi connectivity index (χ2n) is 7.12. The molecule has 27 heavy (non-hydrogen) atoms. The third-order valence-electron chi connectivity index (χ3n) is 5.42. The lowest BCUT2D eigenvalue weighted by Gasteiger charge is -2.37. The van der Waals surface area contributed by atoms with E-state index in [4.69, 9.17) is 5.11 Å². The first-order valence-electron chi connectivity index (χ1n) is 9.55. The van der Waals surface area contributed by atoms with Crippen molar-refractivity contribution in [2.24, 2.45) is 0 Å². The van der Waals surface area contributed by atoms with Crippen molar-refractivity contribution in [3.8, 4) is 0 Å². The molecular weight excluding hydrogens is 346 g/mol. The number of rotatable bonds is 4. The highest BCUT2D eigenvalue weighted by molar-refractivity contribution is 6.00. The highest BCUT2D eigenvalue weighted by Gasteiger charge is 2.36. The Morgan fingerprint density at radius 2 is 2.04 bits per heavy atom. The van der Waals surface area contributed by atoms with E-state index in [0.717, 1.165) is 31.4 Å². The summed E-state index contributed by atoms with van der Waals surface area (Å²) in [6.45, 7) is 3.76. The van der Waals surface area contributed by atoms with Crippen LogP contribution in [0.25, 0.3) is 11.0 Å². The summed E-state index contributed by atoms with van der Waals surface area (Å²) >= 11 is 0. The Kier molecular flexibility index (Phi) is 5.09. The van der Waals surface area contributed by atoms with E-state index in [9.17, 15) is 9.59 Å². The molecule has 144 valence electrons. The molecule has 1 unspecified atom stereocenters. The number of likely N-dealkylation sites (tertiary alicyclic amines) is 1. The molecule has 2 aromatic rings. The Morgan fingerprint density at radius 3 is 2.81 bits per heavy atom. The SMILES string of the molecule is O=C(C1CNCCN1C(=O)c1ccc2c(c1)ncn2CCO)N1CCCC1. The summed E-state index contributed by atoms with van der Waals surface area (Å²) in [6.07, 6.45) is 3.74. The third-order valence-corrected chi connectivity index (χ3v) is 5.42. The summed E-state index contributed by atoms with van der Waals surface area (Å²) in [6, 6.07) is 4.95. The van der Waals surface area contributed by atoms with Gasteiger partial charge in [-0.1, -0.05) is 0 Å². The molecule has 1 atom stereocenters. The fourth-order valence-corrected chi connectivity index (χ4v) is 3.96. The number of imidazole rings is 1. The normalized spacial score (nSPS) is 20.4. The van der Waals surface area contributed by atoms with Gasteiger partial charge in [-0.2, -0.15) is 0 Å². The van der Waals surface area contributed by atoms with Gasteiger partial charge in [0.1, 0.15) is 6.04 Å². The van der Waals surface area contributed by atoms with Crippen LogP contribution in [-0.2, 0) is 11.3 Å². The number of aliphatic hydroxyl groups is 1. The van der Waals surface area contributed by atoms with Crippen LogP contribution in [0.3, 0.4) is 0 Å². The fraction of sp³-hybridized carbons (Fsp3) is 0.526. The van der Waals surface area contributed by atoms with Gasteiger partial charge in [-0.05, 0) is 31.0 Å². The van der Waals surface area contributed by atoms with Crippen LogP contribution in [0.4, 0.5) is 0 Å². The zero-order valence-corrected chi connectivity index (χ0v) is 15.3.